The largest absolute Gasteiger partial charge is 0.351 e. The van der Waals surface area contributed by atoms with Crippen molar-refractivity contribution in [2.24, 2.45) is 0 Å². The Labute approximate surface area is 74.7 Å². The Morgan fingerprint density at radius 3 is 2.33 bits per heavy atom. The number of hydrogen-bond donors (Lipinski definition) is 1. The highest BCUT2D eigenvalue weighted by Crippen LogP contribution is 2.30. The van der Waals surface area contributed by atoms with Crippen LogP contribution in [0, 0.1) is 0 Å². The Hall–Kier alpha value is -0.530. The first kappa shape index (κ1) is 9.56. The molecule has 0 bridgehead atoms. The van der Waals surface area contributed by atoms with Gasteiger partial charge in [0.1, 0.15) is 0 Å². The van der Waals surface area contributed by atoms with Crippen LogP contribution in [0.5, 0.6) is 0 Å². The number of rotatable bonds is 2. The molecular weight excluding hydrogens is 150 g/mol. The van der Waals surface area contributed by atoms with Crippen molar-refractivity contribution in [3.05, 3.63) is 0 Å². The van der Waals surface area contributed by atoms with Crippen LogP contribution in [0.4, 0.5) is 0 Å². The molecule has 0 aromatic carbocycles. The summed E-state index contributed by atoms with van der Waals surface area (Å²) in [6, 6.07) is 0. The molecule has 0 aromatic rings. The lowest BCUT2D eigenvalue weighted by molar-refractivity contribution is -0.121. The summed E-state index contributed by atoms with van der Waals surface area (Å²) in [7, 11) is 0. The Balaban J connectivity index is 2.53. The lowest BCUT2D eigenvalue weighted by atomic mass is 9.80. The summed E-state index contributed by atoms with van der Waals surface area (Å²) in [5.74, 6) is 0.124. The number of nitrogens with one attached hydrogen (secondary N) is 1. The summed E-state index contributed by atoms with van der Waals surface area (Å²) >= 11 is 0. The van der Waals surface area contributed by atoms with Crippen LogP contribution >= 0.6 is 0 Å². The molecule has 0 aliphatic heterocycles. The molecule has 12 heavy (non-hydrogen) atoms. The van der Waals surface area contributed by atoms with Gasteiger partial charge in [-0.3, -0.25) is 4.79 Å². The first-order valence-electron chi connectivity index (χ1n) is 4.97. The van der Waals surface area contributed by atoms with Crippen LogP contribution in [0.1, 0.15) is 52.4 Å². The molecule has 0 saturated heterocycles. The smallest absolute Gasteiger partial charge is 0.217 e. The van der Waals surface area contributed by atoms with E-state index in [-0.39, 0.29) is 11.4 Å². The van der Waals surface area contributed by atoms with Gasteiger partial charge < -0.3 is 5.32 Å². The molecule has 1 N–H and O–H groups in total. The predicted octanol–water partition coefficient (Wildman–Crippen LogP) is 2.24. The zero-order valence-electron chi connectivity index (χ0n) is 8.15. The first-order valence-corrected chi connectivity index (χ1v) is 4.97. The molecule has 2 nitrogen and oxygen atoms in total. The molecule has 2 heteroatoms. The normalized spacial score (nSPS) is 21.8. The Bertz CT molecular complexity index is 159. The van der Waals surface area contributed by atoms with E-state index in [9.17, 15) is 4.79 Å². The summed E-state index contributed by atoms with van der Waals surface area (Å²) < 4.78 is 0. The summed E-state index contributed by atoms with van der Waals surface area (Å²) in [6.07, 6.45) is 7.29. The van der Waals surface area contributed by atoms with E-state index in [0.717, 1.165) is 6.42 Å². The minimum atomic E-state index is 0.124. The van der Waals surface area contributed by atoms with Crippen LogP contribution in [0.15, 0.2) is 0 Å². The third kappa shape index (κ3) is 2.23. The fourth-order valence-corrected chi connectivity index (χ4v) is 2.17. The number of hydrogen-bond acceptors (Lipinski definition) is 1. The van der Waals surface area contributed by atoms with Crippen LogP contribution in [0.25, 0.3) is 0 Å². The molecule has 1 amide bonds. The van der Waals surface area contributed by atoms with E-state index in [1.165, 1.54) is 32.1 Å². The molecular formula is C10H19NO. The van der Waals surface area contributed by atoms with Crippen molar-refractivity contribution < 1.29 is 4.79 Å². The summed E-state index contributed by atoms with van der Waals surface area (Å²) in [5, 5.41) is 3.11. The van der Waals surface area contributed by atoms with Gasteiger partial charge in [-0.15, -0.1) is 0 Å². The van der Waals surface area contributed by atoms with Crippen molar-refractivity contribution in [2.75, 3.05) is 0 Å². The van der Waals surface area contributed by atoms with Gasteiger partial charge in [-0.05, 0) is 19.3 Å². The molecule has 70 valence electrons. The summed E-state index contributed by atoms with van der Waals surface area (Å²) in [6.45, 7) is 3.78. The Morgan fingerprint density at radius 1 is 1.33 bits per heavy atom. The Morgan fingerprint density at radius 2 is 1.92 bits per heavy atom. The fraction of sp³-hybridized carbons (Fsp3) is 0.900. The monoisotopic (exact) mass is 169 g/mol. The zero-order valence-corrected chi connectivity index (χ0v) is 8.15. The molecule has 0 aromatic heterocycles. The number of carbonyl (C=O) groups is 1. The van der Waals surface area contributed by atoms with Gasteiger partial charge in [0.15, 0.2) is 0 Å². The van der Waals surface area contributed by atoms with Crippen LogP contribution < -0.4 is 5.32 Å². The van der Waals surface area contributed by atoms with E-state index < -0.39 is 0 Å². The lowest BCUT2D eigenvalue weighted by Crippen LogP contribution is -2.48. The second-order valence-corrected chi connectivity index (χ2v) is 3.88. The van der Waals surface area contributed by atoms with Gasteiger partial charge in [0.25, 0.3) is 0 Å². The van der Waals surface area contributed by atoms with Crippen molar-refractivity contribution in [2.45, 2.75) is 57.9 Å². The molecule has 0 unspecified atom stereocenters. The van der Waals surface area contributed by atoms with Crippen molar-refractivity contribution >= 4 is 5.91 Å². The van der Waals surface area contributed by atoms with Crippen molar-refractivity contribution in [1.29, 1.82) is 0 Å². The lowest BCUT2D eigenvalue weighted by Gasteiger charge is -2.37. The van der Waals surface area contributed by atoms with Crippen LogP contribution in [-0.4, -0.2) is 11.4 Å². The summed E-state index contributed by atoms with van der Waals surface area (Å²) in [5.41, 5.74) is 0.143. The van der Waals surface area contributed by atoms with Crippen molar-refractivity contribution in [3.63, 3.8) is 0 Å². The standard InChI is InChI=1S/C10H19NO/c1-3-10(11-9(2)12)7-5-4-6-8-10/h3-8H2,1-2H3,(H,11,12). The van der Waals surface area contributed by atoms with Gasteiger partial charge >= 0.3 is 0 Å². The van der Waals surface area contributed by atoms with E-state index in [1.807, 2.05) is 0 Å². The minimum absolute atomic E-state index is 0.124. The third-order valence-electron chi connectivity index (χ3n) is 2.93. The topological polar surface area (TPSA) is 29.1 Å². The minimum Gasteiger partial charge on any atom is -0.351 e. The van der Waals surface area contributed by atoms with Gasteiger partial charge in [-0.25, -0.2) is 0 Å². The third-order valence-corrected chi connectivity index (χ3v) is 2.93. The zero-order chi connectivity index (χ0) is 9.03. The fourth-order valence-electron chi connectivity index (χ4n) is 2.17. The van der Waals surface area contributed by atoms with Crippen LogP contribution in [-0.2, 0) is 4.79 Å². The maximum absolute atomic E-state index is 11.0. The molecule has 0 heterocycles. The Kier molecular flexibility index (Phi) is 3.12. The van der Waals surface area contributed by atoms with Crippen molar-refractivity contribution in [1.82, 2.24) is 5.32 Å². The molecule has 1 aliphatic carbocycles. The molecule has 1 aliphatic rings. The maximum Gasteiger partial charge on any atom is 0.217 e. The van der Waals surface area contributed by atoms with E-state index in [1.54, 1.807) is 6.92 Å². The maximum atomic E-state index is 11.0. The van der Waals surface area contributed by atoms with Gasteiger partial charge in [0.05, 0.1) is 0 Å². The van der Waals surface area contributed by atoms with E-state index in [2.05, 4.69) is 12.2 Å². The quantitative estimate of drug-likeness (QED) is 0.674. The van der Waals surface area contributed by atoms with E-state index in [0.29, 0.717) is 0 Å². The van der Waals surface area contributed by atoms with Crippen molar-refractivity contribution in [3.8, 4) is 0 Å². The highest BCUT2D eigenvalue weighted by molar-refractivity contribution is 5.73. The number of amides is 1. The van der Waals surface area contributed by atoms with Crippen LogP contribution in [0.2, 0.25) is 0 Å². The molecule has 0 atom stereocenters. The van der Waals surface area contributed by atoms with E-state index >= 15 is 0 Å². The first-order chi connectivity index (χ1) is 5.68. The average Bonchev–Trinajstić information content (AvgIpc) is 2.05. The van der Waals surface area contributed by atoms with Crippen LogP contribution in [0.3, 0.4) is 0 Å². The highest BCUT2D eigenvalue weighted by atomic mass is 16.1. The molecule has 0 radical (unpaired) electrons. The van der Waals surface area contributed by atoms with Gasteiger partial charge in [-0.1, -0.05) is 26.2 Å². The molecule has 1 rings (SSSR count). The second kappa shape index (κ2) is 3.92. The van der Waals surface area contributed by atoms with Gasteiger partial charge in [-0.2, -0.15) is 0 Å². The van der Waals surface area contributed by atoms with Gasteiger partial charge in [0, 0.05) is 12.5 Å². The van der Waals surface area contributed by atoms with E-state index in [4.69, 9.17) is 0 Å². The average molecular weight is 169 g/mol. The predicted molar refractivity (Wildman–Crippen MR) is 49.9 cm³/mol. The molecule has 1 saturated carbocycles. The second-order valence-electron chi connectivity index (χ2n) is 3.88. The van der Waals surface area contributed by atoms with Gasteiger partial charge in [0.2, 0.25) is 5.91 Å². The molecule has 1 fully saturated rings. The SMILES string of the molecule is CCC1(NC(C)=O)CCCCC1. The summed E-state index contributed by atoms with van der Waals surface area (Å²) in [4.78, 5) is 11.0. The molecule has 0 spiro atoms. The number of carbonyl (C=O) groups excluding carboxylic acids is 1. The highest BCUT2D eigenvalue weighted by Gasteiger charge is 2.30.